The van der Waals surface area contributed by atoms with Crippen LogP contribution in [0.5, 0.6) is 5.75 Å². The predicted octanol–water partition coefficient (Wildman–Crippen LogP) is 6.00. The lowest BCUT2D eigenvalue weighted by molar-refractivity contribution is -0.123. The number of carbonyl (C=O) groups excluding carboxylic acids is 2. The van der Waals surface area contributed by atoms with Crippen molar-refractivity contribution in [2.45, 2.75) is 52.1 Å². The van der Waals surface area contributed by atoms with E-state index in [2.05, 4.69) is 13.0 Å². The first-order valence-electron chi connectivity index (χ1n) is 14.2. The van der Waals surface area contributed by atoms with Gasteiger partial charge in [-0.05, 0) is 66.8 Å². The van der Waals surface area contributed by atoms with Crippen LogP contribution in [-0.2, 0) is 9.59 Å². The monoisotopic (exact) mass is 539 g/mol. The van der Waals surface area contributed by atoms with E-state index < -0.39 is 23.9 Å². The summed E-state index contributed by atoms with van der Waals surface area (Å²) in [4.78, 5) is 28.3. The largest absolute Gasteiger partial charge is 0.507 e. The molecule has 208 valence electrons. The van der Waals surface area contributed by atoms with E-state index >= 15 is 0 Å². The molecule has 1 fully saturated rings. The fourth-order valence-corrected chi connectivity index (χ4v) is 6.61. The van der Waals surface area contributed by atoms with E-state index in [0.717, 1.165) is 39.5 Å². The molecular formula is C34H37NO5. The summed E-state index contributed by atoms with van der Waals surface area (Å²) >= 11 is 0. The molecular weight excluding hydrogens is 502 g/mol. The molecule has 6 heteroatoms. The van der Waals surface area contributed by atoms with Crippen molar-refractivity contribution in [1.82, 2.24) is 0 Å². The Bertz CT molecular complexity index is 1470. The number of amides is 2. The van der Waals surface area contributed by atoms with E-state index in [9.17, 15) is 24.9 Å². The first-order chi connectivity index (χ1) is 19.4. The molecule has 2 aliphatic rings. The van der Waals surface area contributed by atoms with Crippen molar-refractivity contribution in [3.63, 3.8) is 0 Å². The van der Waals surface area contributed by atoms with Crippen LogP contribution in [0.2, 0.25) is 0 Å². The number of hydrogen-bond acceptors (Lipinski definition) is 5. The third-order valence-corrected chi connectivity index (χ3v) is 8.67. The standard InChI is InChI=1S/C34H37NO5/c1-3-21(18-23-15-17-29(37)26-13-9-8-12-25(23)26)14-16-30(38)31-22(4-2)19-27-32(28(31)20-36)34(40)35(33(27)39)24-10-6-5-7-11-24/h5-13,15,17-18,27-28,30,32,36-38H,3-4,14,16,19-20H2,1-2H3/b21-18+/t27-,28+,30-,32-/m1/s1. The van der Waals surface area contributed by atoms with Crippen molar-refractivity contribution in [3.05, 3.63) is 89.0 Å². The number of carbonyl (C=O) groups is 2. The van der Waals surface area contributed by atoms with Gasteiger partial charge in [0.15, 0.2) is 0 Å². The Morgan fingerprint density at radius 1 is 0.975 bits per heavy atom. The zero-order chi connectivity index (χ0) is 28.4. The molecule has 0 saturated carbocycles. The van der Waals surface area contributed by atoms with Gasteiger partial charge in [0.25, 0.3) is 0 Å². The fraction of sp³-hybridized carbons (Fsp3) is 0.353. The molecule has 1 saturated heterocycles. The van der Waals surface area contributed by atoms with E-state index in [-0.39, 0.29) is 24.2 Å². The van der Waals surface area contributed by atoms with Crippen LogP contribution in [0.15, 0.2) is 83.4 Å². The summed E-state index contributed by atoms with van der Waals surface area (Å²) in [5.41, 5.74) is 4.41. The number of rotatable bonds is 9. The number of nitrogens with zero attached hydrogens (tertiary/aromatic N) is 1. The highest BCUT2D eigenvalue weighted by Crippen LogP contribution is 2.48. The number of anilines is 1. The van der Waals surface area contributed by atoms with E-state index in [1.807, 2.05) is 43.3 Å². The number of phenols is 1. The van der Waals surface area contributed by atoms with Gasteiger partial charge >= 0.3 is 0 Å². The summed E-state index contributed by atoms with van der Waals surface area (Å²) in [5.74, 6) is -2.07. The molecule has 40 heavy (non-hydrogen) atoms. The van der Waals surface area contributed by atoms with Gasteiger partial charge in [-0.3, -0.25) is 14.5 Å². The molecule has 0 radical (unpaired) electrons. The molecule has 0 spiro atoms. The first-order valence-corrected chi connectivity index (χ1v) is 14.2. The molecule has 3 N–H and O–H groups in total. The number of aliphatic hydroxyl groups is 2. The third-order valence-electron chi connectivity index (χ3n) is 8.67. The van der Waals surface area contributed by atoms with E-state index in [4.69, 9.17) is 0 Å². The maximum atomic E-state index is 13.6. The molecule has 3 aromatic carbocycles. The van der Waals surface area contributed by atoms with E-state index in [0.29, 0.717) is 31.4 Å². The van der Waals surface area contributed by atoms with Crippen LogP contribution in [0.3, 0.4) is 0 Å². The quantitative estimate of drug-likeness (QED) is 0.229. The zero-order valence-electron chi connectivity index (χ0n) is 23.1. The van der Waals surface area contributed by atoms with Crippen LogP contribution in [0, 0.1) is 17.8 Å². The SMILES string of the molecule is CCC1=C([C@H](O)CC/C(=C/c2ccc(O)c3ccccc23)CC)[C@H](CO)[C@@H]2C(=O)N(c3ccccc3)C(=O)[C@@H]2C1. The van der Waals surface area contributed by atoms with Gasteiger partial charge < -0.3 is 15.3 Å². The van der Waals surface area contributed by atoms with Gasteiger partial charge in [0.05, 0.1) is 30.2 Å². The Morgan fingerprint density at radius 2 is 1.68 bits per heavy atom. The Hall–Kier alpha value is -3.74. The van der Waals surface area contributed by atoms with Crippen LogP contribution >= 0.6 is 0 Å². The lowest BCUT2D eigenvalue weighted by atomic mass is 9.67. The van der Waals surface area contributed by atoms with Gasteiger partial charge in [-0.15, -0.1) is 0 Å². The van der Waals surface area contributed by atoms with Crippen molar-refractivity contribution in [2.24, 2.45) is 17.8 Å². The average Bonchev–Trinajstić information content (AvgIpc) is 3.24. The molecule has 0 aromatic heterocycles. The molecule has 2 amide bonds. The first kappa shape index (κ1) is 27.8. The number of benzene rings is 3. The summed E-state index contributed by atoms with van der Waals surface area (Å²) < 4.78 is 0. The van der Waals surface area contributed by atoms with Crippen LogP contribution in [0.1, 0.15) is 51.5 Å². The molecule has 3 aromatic rings. The summed E-state index contributed by atoms with van der Waals surface area (Å²) in [5, 5.41) is 34.1. The van der Waals surface area contributed by atoms with Crippen LogP contribution in [0.25, 0.3) is 16.8 Å². The smallest absolute Gasteiger partial charge is 0.238 e. The molecule has 0 bridgehead atoms. The van der Waals surface area contributed by atoms with Gasteiger partial charge in [0.1, 0.15) is 5.75 Å². The maximum Gasteiger partial charge on any atom is 0.238 e. The van der Waals surface area contributed by atoms with Crippen LogP contribution in [0.4, 0.5) is 5.69 Å². The molecule has 0 unspecified atom stereocenters. The van der Waals surface area contributed by atoms with Gasteiger partial charge in [-0.2, -0.15) is 0 Å². The molecule has 4 atom stereocenters. The molecule has 6 nitrogen and oxygen atoms in total. The predicted molar refractivity (Wildman–Crippen MR) is 158 cm³/mol. The van der Waals surface area contributed by atoms with Gasteiger partial charge in [-0.25, -0.2) is 0 Å². The number of imide groups is 1. The second-order valence-electron chi connectivity index (χ2n) is 10.8. The molecule has 5 rings (SSSR count). The fourth-order valence-electron chi connectivity index (χ4n) is 6.61. The molecule has 1 aliphatic heterocycles. The van der Waals surface area contributed by atoms with Gasteiger partial charge in [-0.1, -0.05) is 79.6 Å². The highest BCUT2D eigenvalue weighted by Gasteiger charge is 2.55. The van der Waals surface area contributed by atoms with E-state index in [1.54, 1.807) is 30.3 Å². The minimum atomic E-state index is -0.826. The third kappa shape index (κ3) is 4.98. The number of para-hydroxylation sites is 1. The van der Waals surface area contributed by atoms with Crippen molar-refractivity contribution < 1.29 is 24.9 Å². The topological polar surface area (TPSA) is 98.1 Å². The Morgan fingerprint density at radius 3 is 2.35 bits per heavy atom. The van der Waals surface area contributed by atoms with Gasteiger partial charge in [0, 0.05) is 11.3 Å². The molecule has 1 heterocycles. The zero-order valence-corrected chi connectivity index (χ0v) is 23.1. The Labute approximate surface area is 235 Å². The number of fused-ring (bicyclic) bond motifs is 2. The average molecular weight is 540 g/mol. The number of aromatic hydroxyl groups is 1. The number of allylic oxidation sites excluding steroid dienone is 2. The van der Waals surface area contributed by atoms with Crippen LogP contribution in [-0.4, -0.2) is 39.8 Å². The maximum absolute atomic E-state index is 13.6. The number of hydrogen-bond donors (Lipinski definition) is 3. The normalized spacial score (nSPS) is 22.2. The lowest BCUT2D eigenvalue weighted by Gasteiger charge is -2.36. The second kappa shape index (κ2) is 11.8. The minimum Gasteiger partial charge on any atom is -0.507 e. The van der Waals surface area contributed by atoms with Crippen molar-refractivity contribution in [1.29, 1.82) is 0 Å². The summed E-state index contributed by atoms with van der Waals surface area (Å²) in [7, 11) is 0. The summed E-state index contributed by atoms with van der Waals surface area (Å²) in [6.45, 7) is 3.79. The lowest BCUT2D eigenvalue weighted by Crippen LogP contribution is -2.39. The Kier molecular flexibility index (Phi) is 8.19. The van der Waals surface area contributed by atoms with Crippen molar-refractivity contribution >= 4 is 34.4 Å². The summed E-state index contributed by atoms with van der Waals surface area (Å²) in [6, 6.07) is 20.3. The minimum absolute atomic E-state index is 0.225. The highest BCUT2D eigenvalue weighted by molar-refractivity contribution is 6.22. The summed E-state index contributed by atoms with van der Waals surface area (Å²) in [6.07, 6.45) is 4.27. The number of aliphatic hydroxyl groups excluding tert-OH is 2. The van der Waals surface area contributed by atoms with Crippen molar-refractivity contribution in [2.75, 3.05) is 11.5 Å². The van der Waals surface area contributed by atoms with Crippen molar-refractivity contribution in [3.8, 4) is 5.75 Å². The van der Waals surface area contributed by atoms with Gasteiger partial charge in [0.2, 0.25) is 11.8 Å². The Balaban J connectivity index is 1.39. The highest BCUT2D eigenvalue weighted by atomic mass is 16.3. The molecule has 1 aliphatic carbocycles. The number of phenolic OH excluding ortho intramolecular Hbond substituents is 1. The van der Waals surface area contributed by atoms with E-state index in [1.165, 1.54) is 4.90 Å². The second-order valence-corrected chi connectivity index (χ2v) is 10.8. The van der Waals surface area contributed by atoms with Crippen LogP contribution < -0.4 is 4.90 Å².